The zero-order chi connectivity index (χ0) is 14.1. The molecule has 3 rings (SSSR count). The first-order chi connectivity index (χ1) is 9.70. The van der Waals surface area contributed by atoms with E-state index < -0.39 is 0 Å². The van der Waals surface area contributed by atoms with Gasteiger partial charge in [0.15, 0.2) is 11.5 Å². The van der Waals surface area contributed by atoms with Gasteiger partial charge in [-0.2, -0.15) is 0 Å². The summed E-state index contributed by atoms with van der Waals surface area (Å²) < 4.78 is 6.03. The Balaban J connectivity index is 0.00000161. The molecule has 0 amide bonds. The minimum Gasteiger partial charge on any atom is -1.00 e. The highest BCUT2D eigenvalue weighted by molar-refractivity contribution is 5.51. The quantitative estimate of drug-likeness (QED) is 0.649. The monoisotopic (exact) mass is 306 g/mol. The van der Waals surface area contributed by atoms with Gasteiger partial charge in [-0.15, -0.1) is 0 Å². The van der Waals surface area contributed by atoms with Gasteiger partial charge >= 0.3 is 0 Å². The number of phenolic OH excluding ortho intramolecular Hbond substituents is 2. The van der Waals surface area contributed by atoms with Crippen molar-refractivity contribution in [3.8, 4) is 11.5 Å². The molecule has 0 unspecified atom stereocenters. The van der Waals surface area contributed by atoms with Crippen molar-refractivity contribution in [1.29, 1.82) is 0 Å². The molecule has 0 saturated heterocycles. The summed E-state index contributed by atoms with van der Waals surface area (Å²) in [5.41, 5.74) is 8.40. The van der Waals surface area contributed by atoms with Gasteiger partial charge in [0.25, 0.3) is 0 Å². The molecule has 2 aromatic carbocycles. The van der Waals surface area contributed by atoms with Crippen LogP contribution in [0.3, 0.4) is 0 Å². The summed E-state index contributed by atoms with van der Waals surface area (Å²) in [7, 11) is 0. The molecule has 2 atom stereocenters. The van der Waals surface area contributed by atoms with Gasteiger partial charge in [-0.05, 0) is 17.2 Å². The standard InChI is InChI=1S/C16H17NO3.ClH/c17-9-15-11-6-7-13(18)16(19)12(11)8-14(20-15)10-4-2-1-3-5-10;/h1-7,14-15,18-19H,8-9,17H2;1H/p-1/t14-,15-;/m0./s1. The maximum Gasteiger partial charge on any atom is 0.161 e. The van der Waals surface area contributed by atoms with Crippen molar-refractivity contribution in [1.82, 2.24) is 0 Å². The van der Waals surface area contributed by atoms with Crippen LogP contribution in [0.25, 0.3) is 0 Å². The number of aromatic hydroxyl groups is 2. The van der Waals surface area contributed by atoms with Gasteiger partial charge in [-0.3, -0.25) is 0 Å². The van der Waals surface area contributed by atoms with Gasteiger partial charge < -0.3 is 33.1 Å². The van der Waals surface area contributed by atoms with Gasteiger partial charge in [0.05, 0.1) is 12.2 Å². The van der Waals surface area contributed by atoms with Crippen LogP contribution in [0.5, 0.6) is 11.5 Å². The molecule has 4 nitrogen and oxygen atoms in total. The molecule has 0 fully saturated rings. The number of halogens is 1. The molecule has 4 N–H and O–H groups in total. The number of hydrogen-bond acceptors (Lipinski definition) is 4. The molecular weight excluding hydrogens is 290 g/mol. The molecule has 0 radical (unpaired) electrons. The van der Waals surface area contributed by atoms with Crippen molar-refractivity contribution in [2.75, 3.05) is 6.54 Å². The molecule has 0 bridgehead atoms. The predicted molar refractivity (Wildman–Crippen MR) is 75.5 cm³/mol. The summed E-state index contributed by atoms with van der Waals surface area (Å²) in [4.78, 5) is 0. The normalized spacial score (nSPS) is 20.4. The molecule has 0 aromatic heterocycles. The lowest BCUT2D eigenvalue weighted by Gasteiger charge is -2.32. The zero-order valence-electron chi connectivity index (χ0n) is 11.4. The molecule has 0 saturated carbocycles. The van der Waals surface area contributed by atoms with E-state index in [1.807, 2.05) is 30.3 Å². The van der Waals surface area contributed by atoms with Crippen LogP contribution >= 0.6 is 0 Å². The second-order valence-corrected chi connectivity index (χ2v) is 4.96. The van der Waals surface area contributed by atoms with E-state index in [4.69, 9.17) is 10.5 Å². The van der Waals surface area contributed by atoms with E-state index in [0.717, 1.165) is 16.7 Å². The van der Waals surface area contributed by atoms with Crippen molar-refractivity contribution in [3.63, 3.8) is 0 Å². The number of rotatable bonds is 2. The summed E-state index contributed by atoms with van der Waals surface area (Å²) in [6.45, 7) is 0.334. The summed E-state index contributed by atoms with van der Waals surface area (Å²) in [5, 5.41) is 19.7. The molecule has 112 valence electrons. The van der Waals surface area contributed by atoms with Crippen molar-refractivity contribution in [2.45, 2.75) is 18.6 Å². The van der Waals surface area contributed by atoms with Crippen LogP contribution in [0, 0.1) is 0 Å². The first kappa shape index (κ1) is 15.6. The summed E-state index contributed by atoms with van der Waals surface area (Å²) in [6.07, 6.45) is 0.0937. The van der Waals surface area contributed by atoms with Crippen LogP contribution in [0.2, 0.25) is 0 Å². The third-order valence-electron chi connectivity index (χ3n) is 3.75. The van der Waals surface area contributed by atoms with Crippen molar-refractivity contribution < 1.29 is 27.4 Å². The van der Waals surface area contributed by atoms with Gasteiger partial charge in [-0.25, -0.2) is 0 Å². The lowest BCUT2D eigenvalue weighted by atomic mass is 9.90. The smallest absolute Gasteiger partial charge is 0.161 e. The Morgan fingerprint density at radius 3 is 2.48 bits per heavy atom. The molecule has 21 heavy (non-hydrogen) atoms. The number of benzene rings is 2. The van der Waals surface area contributed by atoms with E-state index in [-0.39, 0.29) is 36.1 Å². The molecule has 1 heterocycles. The van der Waals surface area contributed by atoms with Gasteiger partial charge in [0, 0.05) is 18.5 Å². The molecule has 0 spiro atoms. The van der Waals surface area contributed by atoms with Crippen LogP contribution in [-0.2, 0) is 11.2 Å². The van der Waals surface area contributed by atoms with E-state index >= 15 is 0 Å². The Morgan fingerprint density at radius 1 is 1.10 bits per heavy atom. The lowest BCUT2D eigenvalue weighted by Crippen LogP contribution is -3.00. The van der Waals surface area contributed by atoms with Gasteiger partial charge in [-0.1, -0.05) is 36.4 Å². The highest BCUT2D eigenvalue weighted by atomic mass is 35.5. The molecule has 5 heteroatoms. The average molecular weight is 307 g/mol. The first-order valence-corrected chi connectivity index (χ1v) is 6.65. The highest BCUT2D eigenvalue weighted by Gasteiger charge is 2.30. The van der Waals surface area contributed by atoms with Crippen LogP contribution in [0.15, 0.2) is 42.5 Å². The minimum absolute atomic E-state index is 0. The Hall–Kier alpha value is -1.75. The minimum atomic E-state index is -0.268. The fraction of sp³-hybridized carbons (Fsp3) is 0.250. The second kappa shape index (κ2) is 6.35. The maximum absolute atomic E-state index is 10.1. The Kier molecular flexibility index (Phi) is 4.73. The Bertz CT molecular complexity index is 618. The fourth-order valence-electron chi connectivity index (χ4n) is 2.71. The third kappa shape index (κ3) is 2.83. The van der Waals surface area contributed by atoms with Crippen LogP contribution < -0.4 is 18.1 Å². The van der Waals surface area contributed by atoms with Crippen LogP contribution in [0.4, 0.5) is 0 Å². The summed E-state index contributed by atoms with van der Waals surface area (Å²) in [5.74, 6) is -0.168. The summed E-state index contributed by atoms with van der Waals surface area (Å²) >= 11 is 0. The van der Waals surface area contributed by atoms with E-state index in [1.165, 1.54) is 6.07 Å². The molecular formula is C16H17ClNO3-. The van der Waals surface area contributed by atoms with Crippen LogP contribution in [-0.4, -0.2) is 16.8 Å². The van der Waals surface area contributed by atoms with E-state index in [9.17, 15) is 10.2 Å². The second-order valence-electron chi connectivity index (χ2n) is 4.96. The van der Waals surface area contributed by atoms with E-state index in [0.29, 0.717) is 13.0 Å². The maximum atomic E-state index is 10.1. The number of nitrogens with two attached hydrogens (primary N) is 1. The third-order valence-corrected chi connectivity index (χ3v) is 3.75. The SMILES string of the molecule is NC[C@@H]1O[C@H](c2ccccc2)Cc2c1ccc(O)c2O.[Cl-]. The van der Waals surface area contributed by atoms with Gasteiger partial charge in [0.2, 0.25) is 0 Å². The topological polar surface area (TPSA) is 75.7 Å². The Labute approximate surface area is 129 Å². The van der Waals surface area contributed by atoms with Crippen LogP contribution in [0.1, 0.15) is 28.9 Å². The van der Waals surface area contributed by atoms with Crippen molar-refractivity contribution >= 4 is 0 Å². The highest BCUT2D eigenvalue weighted by Crippen LogP contribution is 2.43. The average Bonchev–Trinajstić information content (AvgIpc) is 2.51. The van der Waals surface area contributed by atoms with E-state index in [1.54, 1.807) is 6.07 Å². The van der Waals surface area contributed by atoms with Gasteiger partial charge in [0.1, 0.15) is 0 Å². The number of phenols is 2. The molecule has 0 aliphatic carbocycles. The molecule has 1 aliphatic heterocycles. The fourth-order valence-corrected chi connectivity index (χ4v) is 2.71. The summed E-state index contributed by atoms with van der Waals surface area (Å²) in [6, 6.07) is 13.1. The number of fused-ring (bicyclic) bond motifs is 1. The number of hydrogen-bond donors (Lipinski definition) is 3. The molecule has 1 aliphatic rings. The largest absolute Gasteiger partial charge is 1.00 e. The van der Waals surface area contributed by atoms with Crippen molar-refractivity contribution in [3.05, 3.63) is 59.2 Å². The molecule has 2 aromatic rings. The van der Waals surface area contributed by atoms with Crippen molar-refractivity contribution in [2.24, 2.45) is 5.73 Å². The number of ether oxygens (including phenoxy) is 1. The zero-order valence-corrected chi connectivity index (χ0v) is 12.1. The van der Waals surface area contributed by atoms with E-state index in [2.05, 4.69) is 0 Å². The predicted octanol–water partition coefficient (Wildman–Crippen LogP) is -0.584. The Morgan fingerprint density at radius 2 is 1.81 bits per heavy atom. The lowest BCUT2D eigenvalue weighted by molar-refractivity contribution is -0.0230. The first-order valence-electron chi connectivity index (χ1n) is 6.65.